The number of carbonyl (C=O) groups is 1. The maximum absolute atomic E-state index is 12.0. The van der Waals surface area contributed by atoms with Crippen molar-refractivity contribution < 1.29 is 4.79 Å². The first-order chi connectivity index (χ1) is 8.65. The molecule has 0 unspecified atom stereocenters. The average molecular weight is 281 g/mol. The molecule has 1 N–H and O–H groups in total. The minimum atomic E-state index is 0.0173. The van der Waals surface area contributed by atoms with E-state index in [1.807, 2.05) is 36.0 Å². The summed E-state index contributed by atoms with van der Waals surface area (Å²) in [6, 6.07) is 7.33. The number of carbonyl (C=O) groups excluding carboxylic acids is 1. The smallest absolute Gasteiger partial charge is 0.251 e. The molecular formula is C14H19NOS2. The lowest BCUT2D eigenvalue weighted by Crippen LogP contribution is -2.38. The molecule has 98 valence electrons. The van der Waals surface area contributed by atoms with Crippen molar-refractivity contribution in [1.29, 1.82) is 0 Å². The Hall–Kier alpha value is -0.610. The molecule has 1 aromatic carbocycles. The predicted molar refractivity (Wildman–Crippen MR) is 80.7 cm³/mol. The summed E-state index contributed by atoms with van der Waals surface area (Å²) in [5.41, 5.74) is 0.710. The van der Waals surface area contributed by atoms with Crippen LogP contribution in [-0.4, -0.2) is 23.5 Å². The molecule has 1 aliphatic rings. The Labute approximate surface area is 118 Å². The van der Waals surface area contributed by atoms with Crippen LogP contribution in [0.4, 0.5) is 0 Å². The highest BCUT2D eigenvalue weighted by atomic mass is 32.2. The number of nitrogens with one attached hydrogen (secondary N) is 1. The Bertz CT molecular complexity index is 410. The number of amides is 1. The van der Waals surface area contributed by atoms with Gasteiger partial charge in [-0.15, -0.1) is 12.6 Å². The Morgan fingerprint density at radius 1 is 1.33 bits per heavy atom. The summed E-state index contributed by atoms with van der Waals surface area (Å²) >= 11 is 6.11. The first-order valence-electron chi connectivity index (χ1n) is 6.28. The predicted octanol–water partition coefficient (Wildman–Crippen LogP) is 3.38. The van der Waals surface area contributed by atoms with Crippen molar-refractivity contribution in [3.8, 4) is 0 Å². The molecule has 1 saturated carbocycles. The van der Waals surface area contributed by atoms with E-state index in [2.05, 4.69) is 24.2 Å². The van der Waals surface area contributed by atoms with E-state index in [4.69, 9.17) is 0 Å². The van der Waals surface area contributed by atoms with E-state index in [0.717, 1.165) is 11.4 Å². The first kappa shape index (κ1) is 13.8. The fraction of sp³-hybridized carbons (Fsp3) is 0.500. The minimum absolute atomic E-state index is 0.0173. The van der Waals surface area contributed by atoms with Crippen LogP contribution in [0.15, 0.2) is 29.2 Å². The topological polar surface area (TPSA) is 29.1 Å². The lowest BCUT2D eigenvalue weighted by molar-refractivity contribution is 0.0949. The van der Waals surface area contributed by atoms with Gasteiger partial charge in [-0.1, -0.05) is 12.8 Å². The van der Waals surface area contributed by atoms with Crippen molar-refractivity contribution in [3.05, 3.63) is 29.8 Å². The van der Waals surface area contributed by atoms with E-state index in [1.54, 1.807) is 0 Å². The lowest BCUT2D eigenvalue weighted by atomic mass is 10.1. The zero-order valence-corrected chi connectivity index (χ0v) is 12.3. The Morgan fingerprint density at radius 2 is 1.94 bits per heavy atom. The van der Waals surface area contributed by atoms with E-state index in [-0.39, 0.29) is 10.7 Å². The number of hydrogen-bond donors (Lipinski definition) is 2. The van der Waals surface area contributed by atoms with Crippen molar-refractivity contribution in [3.63, 3.8) is 0 Å². The van der Waals surface area contributed by atoms with Crippen molar-refractivity contribution >= 4 is 30.3 Å². The molecule has 1 aromatic rings. The summed E-state index contributed by atoms with van der Waals surface area (Å²) in [5.74, 6) is 0.0173. The van der Waals surface area contributed by atoms with Crippen LogP contribution < -0.4 is 5.32 Å². The standard InChI is InChI=1S/C14H19NOS2/c1-18-14(8-2-3-9-14)10-15-13(16)11-4-6-12(17)7-5-11/h4-7,17H,2-3,8-10H2,1H3,(H,15,16). The molecule has 18 heavy (non-hydrogen) atoms. The van der Waals surface area contributed by atoms with Crippen LogP contribution in [-0.2, 0) is 0 Å². The Balaban J connectivity index is 1.93. The second-order valence-corrected chi connectivity index (χ2v) is 6.61. The van der Waals surface area contributed by atoms with E-state index in [0.29, 0.717) is 5.56 Å². The molecule has 1 amide bonds. The Morgan fingerprint density at radius 3 is 2.50 bits per heavy atom. The molecule has 0 aromatic heterocycles. The van der Waals surface area contributed by atoms with Crippen molar-refractivity contribution in [2.24, 2.45) is 0 Å². The molecule has 0 atom stereocenters. The van der Waals surface area contributed by atoms with Gasteiger partial charge in [-0.25, -0.2) is 0 Å². The van der Waals surface area contributed by atoms with Gasteiger partial charge in [0, 0.05) is 21.8 Å². The van der Waals surface area contributed by atoms with Crippen LogP contribution in [0.1, 0.15) is 36.0 Å². The molecule has 2 nitrogen and oxygen atoms in total. The summed E-state index contributed by atoms with van der Waals surface area (Å²) < 4.78 is 0.263. The van der Waals surface area contributed by atoms with Gasteiger partial charge in [0.15, 0.2) is 0 Å². The zero-order chi connectivity index (χ0) is 13.0. The maximum Gasteiger partial charge on any atom is 0.251 e. The van der Waals surface area contributed by atoms with Gasteiger partial charge in [0.05, 0.1) is 0 Å². The molecule has 2 rings (SSSR count). The summed E-state index contributed by atoms with van der Waals surface area (Å²) in [6.45, 7) is 0.773. The van der Waals surface area contributed by atoms with E-state index >= 15 is 0 Å². The second kappa shape index (κ2) is 6.02. The van der Waals surface area contributed by atoms with Gasteiger partial charge < -0.3 is 5.32 Å². The van der Waals surface area contributed by atoms with Crippen molar-refractivity contribution in [1.82, 2.24) is 5.32 Å². The van der Waals surface area contributed by atoms with Crippen LogP contribution in [0.5, 0.6) is 0 Å². The molecule has 4 heteroatoms. The van der Waals surface area contributed by atoms with Crippen LogP contribution in [0, 0.1) is 0 Å². The largest absolute Gasteiger partial charge is 0.351 e. The van der Waals surface area contributed by atoms with Crippen molar-refractivity contribution in [2.45, 2.75) is 35.3 Å². The second-order valence-electron chi connectivity index (χ2n) is 4.82. The van der Waals surface area contributed by atoms with Gasteiger partial charge in [0.25, 0.3) is 5.91 Å². The van der Waals surface area contributed by atoms with Gasteiger partial charge in [0.2, 0.25) is 0 Å². The highest BCUT2D eigenvalue weighted by Crippen LogP contribution is 2.39. The minimum Gasteiger partial charge on any atom is -0.351 e. The molecule has 0 spiro atoms. The molecule has 1 fully saturated rings. The third-order valence-electron chi connectivity index (χ3n) is 3.65. The molecule has 0 bridgehead atoms. The number of rotatable bonds is 4. The fourth-order valence-corrected chi connectivity index (χ4v) is 3.49. The molecule has 0 saturated heterocycles. The molecule has 1 aliphatic carbocycles. The SMILES string of the molecule is CSC1(CNC(=O)c2ccc(S)cc2)CCCC1. The fourth-order valence-electron chi connectivity index (χ4n) is 2.43. The van der Waals surface area contributed by atoms with Gasteiger partial charge in [-0.05, 0) is 43.4 Å². The van der Waals surface area contributed by atoms with Gasteiger partial charge in [-0.2, -0.15) is 11.8 Å². The molecule has 0 aliphatic heterocycles. The third-order valence-corrected chi connectivity index (χ3v) is 5.37. The lowest BCUT2D eigenvalue weighted by Gasteiger charge is -2.26. The summed E-state index contributed by atoms with van der Waals surface area (Å²) in [4.78, 5) is 12.9. The summed E-state index contributed by atoms with van der Waals surface area (Å²) in [7, 11) is 0. The normalized spacial score (nSPS) is 17.7. The van der Waals surface area contributed by atoms with Crippen LogP contribution >= 0.6 is 24.4 Å². The summed E-state index contributed by atoms with van der Waals surface area (Å²) in [6.07, 6.45) is 7.14. The number of thioether (sulfide) groups is 1. The van der Waals surface area contributed by atoms with Crippen LogP contribution in [0.2, 0.25) is 0 Å². The monoisotopic (exact) mass is 281 g/mol. The average Bonchev–Trinajstić information content (AvgIpc) is 2.86. The number of benzene rings is 1. The van der Waals surface area contributed by atoms with Gasteiger partial charge >= 0.3 is 0 Å². The number of thiol groups is 1. The zero-order valence-electron chi connectivity index (χ0n) is 10.6. The first-order valence-corrected chi connectivity index (χ1v) is 7.95. The maximum atomic E-state index is 12.0. The van der Waals surface area contributed by atoms with Crippen LogP contribution in [0.25, 0.3) is 0 Å². The third kappa shape index (κ3) is 3.23. The quantitative estimate of drug-likeness (QED) is 0.828. The molecule has 0 heterocycles. The molecule has 0 radical (unpaired) electrons. The van der Waals surface area contributed by atoms with Gasteiger partial charge in [-0.3, -0.25) is 4.79 Å². The number of hydrogen-bond acceptors (Lipinski definition) is 3. The molecular weight excluding hydrogens is 262 g/mol. The van der Waals surface area contributed by atoms with Crippen LogP contribution in [0.3, 0.4) is 0 Å². The van der Waals surface area contributed by atoms with E-state index in [1.165, 1.54) is 25.7 Å². The van der Waals surface area contributed by atoms with E-state index in [9.17, 15) is 4.79 Å². The van der Waals surface area contributed by atoms with E-state index < -0.39 is 0 Å². The summed E-state index contributed by atoms with van der Waals surface area (Å²) in [5, 5.41) is 3.07. The highest BCUT2D eigenvalue weighted by Gasteiger charge is 2.33. The Kier molecular flexibility index (Phi) is 4.62. The van der Waals surface area contributed by atoms with Crippen molar-refractivity contribution in [2.75, 3.05) is 12.8 Å². The highest BCUT2D eigenvalue weighted by molar-refractivity contribution is 8.00. The van der Waals surface area contributed by atoms with Gasteiger partial charge in [0.1, 0.15) is 0 Å².